The van der Waals surface area contributed by atoms with E-state index in [2.05, 4.69) is 10.3 Å². The average molecular weight is 477 g/mol. The number of alkyl halides is 3. The molecule has 3 atom stereocenters. The number of pyridine rings is 1. The number of ether oxygens (including phenoxy) is 3. The van der Waals surface area contributed by atoms with E-state index in [1.54, 1.807) is 43.0 Å². The molecule has 0 amide bonds. The van der Waals surface area contributed by atoms with Gasteiger partial charge in [0.1, 0.15) is 28.7 Å². The number of nitrogens with one attached hydrogen (secondary N) is 1. The first kappa shape index (κ1) is 23.5. The van der Waals surface area contributed by atoms with Gasteiger partial charge in [-0.1, -0.05) is 11.6 Å². The third-order valence-corrected chi connectivity index (χ3v) is 5.98. The van der Waals surface area contributed by atoms with Crippen molar-refractivity contribution in [1.82, 2.24) is 10.3 Å². The van der Waals surface area contributed by atoms with E-state index in [9.17, 15) is 18.0 Å². The van der Waals surface area contributed by atoms with Gasteiger partial charge in [-0.2, -0.15) is 13.2 Å². The number of hydrogen-bond acceptors (Lipinski definition) is 7. The number of carbonyl (C=O) groups excluding carboxylic acids is 1. The maximum atomic E-state index is 12.7. The first-order valence-electron chi connectivity index (χ1n) is 9.39. The Bertz CT molecular complexity index is 914. The third-order valence-electron chi connectivity index (χ3n) is 4.30. The largest absolute Gasteiger partial charge is 0.488 e. The van der Waals surface area contributed by atoms with Crippen LogP contribution < -0.4 is 14.8 Å². The Morgan fingerprint density at radius 3 is 2.61 bits per heavy atom. The molecule has 0 spiro atoms. The lowest BCUT2D eigenvalue weighted by atomic mass is 10.3. The van der Waals surface area contributed by atoms with Crippen LogP contribution in [0.5, 0.6) is 17.4 Å². The predicted molar refractivity (Wildman–Crippen MR) is 111 cm³/mol. The minimum absolute atomic E-state index is 0.0829. The molecule has 31 heavy (non-hydrogen) atoms. The fourth-order valence-corrected chi connectivity index (χ4v) is 4.20. The van der Waals surface area contributed by atoms with E-state index in [4.69, 9.17) is 25.8 Å². The second-order valence-corrected chi connectivity index (χ2v) is 8.21. The normalized spacial score (nSPS) is 19.7. The summed E-state index contributed by atoms with van der Waals surface area (Å²) in [5, 5.41) is 2.87. The number of aromatic nitrogens is 1. The Labute approximate surface area is 186 Å². The van der Waals surface area contributed by atoms with Gasteiger partial charge in [-0.25, -0.2) is 4.98 Å². The lowest BCUT2D eigenvalue weighted by Gasteiger charge is -2.21. The Morgan fingerprint density at radius 2 is 2.00 bits per heavy atom. The molecule has 6 nitrogen and oxygen atoms in total. The van der Waals surface area contributed by atoms with Gasteiger partial charge in [0.05, 0.1) is 17.5 Å². The van der Waals surface area contributed by atoms with Gasteiger partial charge < -0.3 is 14.2 Å². The van der Waals surface area contributed by atoms with Gasteiger partial charge in [0, 0.05) is 11.9 Å². The number of halogens is 4. The van der Waals surface area contributed by atoms with Crippen molar-refractivity contribution < 1.29 is 32.2 Å². The summed E-state index contributed by atoms with van der Waals surface area (Å²) >= 11 is 7.43. The summed E-state index contributed by atoms with van der Waals surface area (Å²) in [6.45, 7) is 3.98. The molecule has 2 unspecified atom stereocenters. The third kappa shape index (κ3) is 6.18. The average Bonchev–Trinajstić information content (AvgIpc) is 3.21. The highest BCUT2D eigenvalue weighted by Gasteiger charge is 2.34. The number of esters is 1. The van der Waals surface area contributed by atoms with Crippen LogP contribution in [0.15, 0.2) is 36.5 Å². The fraction of sp³-hybridized carbons (Fsp3) is 0.400. The summed E-state index contributed by atoms with van der Waals surface area (Å²) in [6.07, 6.45) is -4.11. The smallest absolute Gasteiger partial charge is 0.417 e. The van der Waals surface area contributed by atoms with E-state index in [-0.39, 0.29) is 34.4 Å². The summed E-state index contributed by atoms with van der Waals surface area (Å²) in [7, 11) is 0. The summed E-state index contributed by atoms with van der Waals surface area (Å²) < 4.78 is 54.5. The molecule has 0 radical (unpaired) electrons. The van der Waals surface area contributed by atoms with Crippen LogP contribution in [-0.2, 0) is 15.7 Å². The van der Waals surface area contributed by atoms with Gasteiger partial charge in [-0.3, -0.25) is 10.1 Å². The summed E-state index contributed by atoms with van der Waals surface area (Å²) in [5.41, 5.74) is -0.953. The SMILES string of the molecule is CCOC(=O)[C@@H]1CSC(C(C)Oc2ccc(Oc3ncc(C(F)(F)F)cc3Cl)cc2)N1. The molecule has 1 aliphatic rings. The van der Waals surface area contributed by atoms with Crippen LogP contribution in [0.4, 0.5) is 13.2 Å². The number of hydrogen-bond donors (Lipinski definition) is 1. The highest BCUT2D eigenvalue weighted by molar-refractivity contribution is 8.00. The van der Waals surface area contributed by atoms with Crippen LogP contribution >= 0.6 is 23.4 Å². The molecule has 0 saturated carbocycles. The number of carbonyl (C=O) groups is 1. The summed E-state index contributed by atoms with van der Waals surface area (Å²) in [5.74, 6) is 1.10. The van der Waals surface area contributed by atoms with Gasteiger partial charge >= 0.3 is 12.1 Å². The number of rotatable bonds is 7. The Kier molecular flexibility index (Phi) is 7.55. The standard InChI is InChI=1S/C20H20ClF3N2O4S/c1-3-28-19(27)16-10-31-18(26-16)11(2)29-13-4-6-14(7-5-13)30-17-15(21)8-12(9-25-17)20(22,23)24/h4-9,11,16,18,26H,3,10H2,1-2H3/t11?,16-,18?/m0/s1. The van der Waals surface area contributed by atoms with Crippen molar-refractivity contribution in [2.45, 2.75) is 37.5 Å². The minimum atomic E-state index is -4.53. The highest BCUT2D eigenvalue weighted by atomic mass is 35.5. The van der Waals surface area contributed by atoms with Gasteiger partial charge in [0.15, 0.2) is 0 Å². The van der Waals surface area contributed by atoms with Gasteiger partial charge in [0.25, 0.3) is 0 Å². The molecule has 11 heteroatoms. The van der Waals surface area contributed by atoms with Crippen molar-refractivity contribution in [3.8, 4) is 17.4 Å². The molecule has 1 saturated heterocycles. The van der Waals surface area contributed by atoms with Crippen LogP contribution in [0.3, 0.4) is 0 Å². The molecular formula is C20H20ClF3N2O4S. The molecule has 1 aliphatic heterocycles. The summed E-state index contributed by atoms with van der Waals surface area (Å²) in [4.78, 5) is 15.5. The maximum absolute atomic E-state index is 12.7. The zero-order valence-corrected chi connectivity index (χ0v) is 18.2. The van der Waals surface area contributed by atoms with Gasteiger partial charge in [-0.15, -0.1) is 11.8 Å². The van der Waals surface area contributed by atoms with Crippen molar-refractivity contribution in [1.29, 1.82) is 0 Å². The van der Waals surface area contributed by atoms with Crippen molar-refractivity contribution in [2.75, 3.05) is 12.4 Å². The van der Waals surface area contributed by atoms with Crippen molar-refractivity contribution in [3.05, 3.63) is 47.1 Å². The first-order valence-corrected chi connectivity index (χ1v) is 10.8. The van der Waals surface area contributed by atoms with E-state index < -0.39 is 11.7 Å². The quantitative estimate of drug-likeness (QED) is 0.569. The maximum Gasteiger partial charge on any atom is 0.417 e. The van der Waals surface area contributed by atoms with E-state index in [0.717, 1.165) is 6.07 Å². The van der Waals surface area contributed by atoms with E-state index in [0.29, 0.717) is 30.1 Å². The second-order valence-electron chi connectivity index (χ2n) is 6.63. The van der Waals surface area contributed by atoms with Crippen molar-refractivity contribution >= 4 is 29.3 Å². The molecule has 168 valence electrons. The zero-order valence-electron chi connectivity index (χ0n) is 16.6. The number of benzene rings is 1. The second kappa shape index (κ2) is 9.97. The molecule has 0 aliphatic carbocycles. The Hall–Kier alpha value is -2.17. The molecule has 3 rings (SSSR count). The molecule has 2 heterocycles. The van der Waals surface area contributed by atoms with Crippen molar-refractivity contribution in [2.24, 2.45) is 0 Å². The molecule has 2 aromatic rings. The Balaban J connectivity index is 1.56. The van der Waals surface area contributed by atoms with E-state index in [1.165, 1.54) is 0 Å². The molecule has 1 aromatic heterocycles. The first-order chi connectivity index (χ1) is 14.7. The molecule has 1 aromatic carbocycles. The lowest BCUT2D eigenvalue weighted by Crippen LogP contribution is -2.43. The molecule has 1 N–H and O–H groups in total. The molecule has 0 bridgehead atoms. The minimum Gasteiger partial charge on any atom is -0.488 e. The van der Waals surface area contributed by atoms with Crippen LogP contribution in [0, 0.1) is 0 Å². The van der Waals surface area contributed by atoms with Crippen LogP contribution in [-0.4, -0.2) is 40.8 Å². The summed E-state index contributed by atoms with van der Waals surface area (Å²) in [6, 6.07) is 6.90. The monoisotopic (exact) mass is 476 g/mol. The van der Waals surface area contributed by atoms with Crippen LogP contribution in [0.2, 0.25) is 5.02 Å². The fourth-order valence-electron chi connectivity index (χ4n) is 2.77. The predicted octanol–water partition coefficient (Wildman–Crippen LogP) is 4.91. The topological polar surface area (TPSA) is 69.7 Å². The Morgan fingerprint density at radius 1 is 1.32 bits per heavy atom. The van der Waals surface area contributed by atoms with Crippen LogP contribution in [0.1, 0.15) is 19.4 Å². The van der Waals surface area contributed by atoms with E-state index in [1.807, 2.05) is 6.92 Å². The highest BCUT2D eigenvalue weighted by Crippen LogP contribution is 2.35. The molecular weight excluding hydrogens is 457 g/mol. The zero-order chi connectivity index (χ0) is 22.6. The number of nitrogens with zero attached hydrogens (tertiary/aromatic N) is 1. The number of thioether (sulfide) groups is 1. The van der Waals surface area contributed by atoms with Crippen molar-refractivity contribution in [3.63, 3.8) is 0 Å². The van der Waals surface area contributed by atoms with Gasteiger partial charge in [0.2, 0.25) is 5.88 Å². The van der Waals surface area contributed by atoms with Gasteiger partial charge in [-0.05, 0) is 44.2 Å². The van der Waals surface area contributed by atoms with E-state index >= 15 is 0 Å². The van der Waals surface area contributed by atoms with Crippen LogP contribution in [0.25, 0.3) is 0 Å². The molecule has 1 fully saturated rings. The lowest BCUT2D eigenvalue weighted by molar-refractivity contribution is -0.145.